The van der Waals surface area contributed by atoms with Crippen molar-refractivity contribution < 1.29 is 33.5 Å². The van der Waals surface area contributed by atoms with E-state index in [0.29, 0.717) is 6.42 Å². The van der Waals surface area contributed by atoms with Crippen molar-refractivity contribution in [1.29, 1.82) is 0 Å². The van der Waals surface area contributed by atoms with Crippen LogP contribution in [-0.2, 0) is 41.6 Å². The molecule has 1 aliphatic carbocycles. The standard InChI is InChI=1S/C13H23N3O3.C13H15NO3.C7H8.C3H7NO.2C3H8/c1-4-6-9(11(17)13(19)14-2)15-12(18)10-7-5-8-16(10)3;1-17-13(16)14-12(8-15)11-6-9-4-2-3-5-10(9)7-11;1-7-5-3-2-4-6-7;1-3(5)4-2;2*1-3-2/h9-10H,4-8H2,1-3H3,(H,14,19)(H,15,18);2-5,8,11-12H,6-7H2,1H3,(H,14,16);2-6H,1H3;1-2H3,(H,4,5);2*3H2,1-2H3. The van der Waals surface area contributed by atoms with Gasteiger partial charge in [0.05, 0.1) is 25.2 Å². The molecule has 12 nitrogen and oxygen atoms in total. The van der Waals surface area contributed by atoms with Crippen molar-refractivity contribution in [2.75, 3.05) is 34.8 Å². The molecule has 12 heteroatoms. The molecule has 1 aliphatic heterocycles. The second-order valence-corrected chi connectivity index (χ2v) is 13.0. The van der Waals surface area contributed by atoms with E-state index < -0.39 is 29.9 Å². The summed E-state index contributed by atoms with van der Waals surface area (Å²) in [5.41, 5.74) is 3.84. The number of amides is 4. The van der Waals surface area contributed by atoms with Gasteiger partial charge in [-0.2, -0.15) is 0 Å². The van der Waals surface area contributed by atoms with Crippen LogP contribution in [0.3, 0.4) is 0 Å². The predicted molar refractivity (Wildman–Crippen MR) is 217 cm³/mol. The molecule has 4 rings (SSSR count). The van der Waals surface area contributed by atoms with Gasteiger partial charge in [-0.25, -0.2) is 4.79 Å². The number of ketones is 1. The van der Waals surface area contributed by atoms with Gasteiger partial charge >= 0.3 is 6.09 Å². The topological polar surface area (TPSA) is 163 Å². The van der Waals surface area contributed by atoms with Crippen LogP contribution in [0.4, 0.5) is 4.79 Å². The molecule has 0 saturated carbocycles. The van der Waals surface area contributed by atoms with Gasteiger partial charge in [-0.15, -0.1) is 0 Å². The molecule has 1 heterocycles. The van der Waals surface area contributed by atoms with E-state index in [0.717, 1.165) is 44.9 Å². The highest BCUT2D eigenvalue weighted by Crippen LogP contribution is 2.28. The van der Waals surface area contributed by atoms with Crippen LogP contribution in [0.15, 0.2) is 54.6 Å². The molecule has 4 amide bonds. The lowest BCUT2D eigenvalue weighted by Gasteiger charge is -2.22. The smallest absolute Gasteiger partial charge is 0.407 e. The van der Waals surface area contributed by atoms with Gasteiger partial charge in [0.15, 0.2) is 0 Å². The van der Waals surface area contributed by atoms with Crippen LogP contribution in [0.2, 0.25) is 0 Å². The summed E-state index contributed by atoms with van der Waals surface area (Å²) >= 11 is 0. The van der Waals surface area contributed by atoms with Crippen LogP contribution in [0.1, 0.15) is 96.8 Å². The summed E-state index contributed by atoms with van der Waals surface area (Å²) in [5.74, 6) is -1.25. The van der Waals surface area contributed by atoms with Gasteiger partial charge in [0.1, 0.15) is 6.29 Å². The first-order valence-corrected chi connectivity index (χ1v) is 19.1. The third-order valence-corrected chi connectivity index (χ3v) is 7.98. The normalized spacial score (nSPS) is 14.8. The predicted octanol–water partition coefficient (Wildman–Crippen LogP) is 5.59. The fourth-order valence-corrected chi connectivity index (χ4v) is 5.19. The van der Waals surface area contributed by atoms with Gasteiger partial charge in [0.2, 0.25) is 17.6 Å². The van der Waals surface area contributed by atoms with Gasteiger partial charge in [-0.05, 0) is 69.7 Å². The van der Waals surface area contributed by atoms with Crippen LogP contribution in [0, 0.1) is 12.8 Å². The first kappa shape index (κ1) is 51.5. The molecule has 0 bridgehead atoms. The number of ether oxygens (including phenoxy) is 1. The number of likely N-dealkylation sites (N-methyl/N-ethyl adjacent to an activating group) is 2. The van der Waals surface area contributed by atoms with E-state index >= 15 is 0 Å². The number of benzene rings is 2. The fourth-order valence-electron chi connectivity index (χ4n) is 5.19. The molecule has 3 atom stereocenters. The SMILES string of the molecule is CCC.CCC.CCCC(NC(=O)C1CCCN1C)C(=O)C(=O)NC.CNC(C)=O.COC(=O)NC(C=O)C1Cc2ccccc2C1.Cc1ccccc1. The number of alkyl carbamates (subject to hydrolysis) is 1. The number of aldehydes is 1. The summed E-state index contributed by atoms with van der Waals surface area (Å²) in [6.45, 7) is 14.9. The molecule has 4 N–H and O–H groups in total. The number of methoxy groups -OCH3 is 1. The molecule has 0 radical (unpaired) electrons. The van der Waals surface area contributed by atoms with Gasteiger partial charge in [0.25, 0.3) is 5.91 Å². The lowest BCUT2D eigenvalue weighted by atomic mass is 9.98. The minimum absolute atomic E-state index is 0.00463. The molecule has 2 aliphatic rings. The highest BCUT2D eigenvalue weighted by molar-refractivity contribution is 6.38. The quantitative estimate of drug-likeness (QED) is 0.190. The molecule has 2 aromatic rings. The Bertz CT molecular complexity index is 1330. The average Bonchev–Trinajstić information content (AvgIpc) is 3.81. The minimum Gasteiger partial charge on any atom is -0.453 e. The molecular weight excluding hydrogens is 686 g/mol. The molecule has 304 valence electrons. The Hall–Kier alpha value is -4.58. The second kappa shape index (κ2) is 31.9. The van der Waals surface area contributed by atoms with E-state index in [-0.39, 0.29) is 23.8 Å². The molecule has 3 unspecified atom stereocenters. The van der Waals surface area contributed by atoms with Crippen LogP contribution in [0.25, 0.3) is 0 Å². The number of fused-ring (bicyclic) bond motifs is 1. The Morgan fingerprint density at radius 3 is 1.70 bits per heavy atom. The lowest BCUT2D eigenvalue weighted by Crippen LogP contribution is -2.51. The summed E-state index contributed by atoms with van der Waals surface area (Å²) in [6.07, 6.45) is 7.37. The number of hydrogen-bond acceptors (Lipinski definition) is 8. The zero-order valence-corrected chi connectivity index (χ0v) is 34.8. The van der Waals surface area contributed by atoms with Crippen molar-refractivity contribution in [1.82, 2.24) is 26.2 Å². The largest absolute Gasteiger partial charge is 0.453 e. The van der Waals surface area contributed by atoms with Crippen molar-refractivity contribution in [2.45, 2.75) is 118 Å². The lowest BCUT2D eigenvalue weighted by molar-refractivity contribution is -0.140. The van der Waals surface area contributed by atoms with Crippen molar-refractivity contribution in [3.8, 4) is 0 Å². The third-order valence-electron chi connectivity index (χ3n) is 7.98. The maximum Gasteiger partial charge on any atom is 0.407 e. The second-order valence-electron chi connectivity index (χ2n) is 13.0. The van der Waals surface area contributed by atoms with Crippen molar-refractivity contribution in [3.63, 3.8) is 0 Å². The Labute approximate surface area is 324 Å². The van der Waals surface area contributed by atoms with Crippen molar-refractivity contribution in [3.05, 3.63) is 71.3 Å². The molecule has 54 heavy (non-hydrogen) atoms. The number of nitrogens with zero attached hydrogens (tertiary/aromatic N) is 1. The maximum absolute atomic E-state index is 12.1. The average molecular weight is 756 g/mol. The summed E-state index contributed by atoms with van der Waals surface area (Å²) in [5, 5.41) is 9.97. The zero-order valence-electron chi connectivity index (χ0n) is 34.8. The molecule has 1 saturated heterocycles. The Kier molecular flexibility index (Phi) is 30.4. The van der Waals surface area contributed by atoms with Crippen LogP contribution in [-0.4, -0.2) is 93.7 Å². The molecule has 0 aromatic heterocycles. The number of Topliss-reactive ketones (excluding diaryl/α,β-unsaturated/α-hetero) is 1. The fraction of sp³-hybridized carbons (Fsp3) is 0.571. The molecule has 2 aromatic carbocycles. The van der Waals surface area contributed by atoms with Crippen LogP contribution in [0.5, 0.6) is 0 Å². The van der Waals surface area contributed by atoms with Gasteiger partial charge < -0.3 is 30.8 Å². The number of hydrogen-bond donors (Lipinski definition) is 4. The first-order valence-electron chi connectivity index (χ1n) is 19.1. The Balaban J connectivity index is 0. The number of aryl methyl sites for hydroxylation is 1. The highest BCUT2D eigenvalue weighted by Gasteiger charge is 2.32. The van der Waals surface area contributed by atoms with Gasteiger partial charge in [-0.3, -0.25) is 24.1 Å². The van der Waals surface area contributed by atoms with Crippen molar-refractivity contribution in [2.24, 2.45) is 5.92 Å². The number of nitrogens with one attached hydrogen (secondary N) is 4. The summed E-state index contributed by atoms with van der Waals surface area (Å²) in [6, 6.07) is 17.0. The number of rotatable bonds is 9. The first-order chi connectivity index (χ1) is 25.7. The van der Waals surface area contributed by atoms with Crippen molar-refractivity contribution >= 4 is 35.9 Å². The Morgan fingerprint density at radius 2 is 1.35 bits per heavy atom. The van der Waals surface area contributed by atoms with Crippen LogP contribution < -0.4 is 21.3 Å². The van der Waals surface area contributed by atoms with Gasteiger partial charge in [-0.1, -0.05) is 114 Å². The summed E-state index contributed by atoms with van der Waals surface area (Å²) < 4.78 is 4.51. The summed E-state index contributed by atoms with van der Waals surface area (Å²) in [4.78, 5) is 69.2. The number of likely N-dealkylation sites (tertiary alicyclic amines) is 1. The van der Waals surface area contributed by atoms with E-state index in [1.54, 1.807) is 7.05 Å². The molecular formula is C42H69N5O7. The highest BCUT2D eigenvalue weighted by atomic mass is 16.5. The maximum atomic E-state index is 12.1. The van der Waals surface area contributed by atoms with E-state index in [9.17, 15) is 28.8 Å². The zero-order chi connectivity index (χ0) is 41.5. The number of carbonyl (C=O) groups excluding carboxylic acids is 6. The summed E-state index contributed by atoms with van der Waals surface area (Å²) in [7, 11) is 6.20. The van der Waals surface area contributed by atoms with Gasteiger partial charge in [0, 0.05) is 21.0 Å². The molecule has 1 fully saturated rings. The van der Waals surface area contributed by atoms with E-state index in [2.05, 4.69) is 84.9 Å². The minimum atomic E-state index is -0.716. The van der Waals surface area contributed by atoms with E-state index in [1.807, 2.05) is 49.2 Å². The molecule has 0 spiro atoms. The Morgan fingerprint density at radius 1 is 0.852 bits per heavy atom. The van der Waals surface area contributed by atoms with E-state index in [4.69, 9.17) is 0 Å². The van der Waals surface area contributed by atoms with Crippen LogP contribution >= 0.6 is 0 Å². The van der Waals surface area contributed by atoms with E-state index in [1.165, 1.54) is 50.6 Å². The monoisotopic (exact) mass is 756 g/mol. The number of carbonyl (C=O) groups is 6. The third kappa shape index (κ3) is 22.5.